The van der Waals surface area contributed by atoms with Gasteiger partial charge in [-0.15, -0.1) is 0 Å². The zero-order chi connectivity index (χ0) is 20.5. The number of aryl methyl sites for hydroxylation is 1. The van der Waals surface area contributed by atoms with Crippen LogP contribution < -0.4 is 11.1 Å². The minimum absolute atomic E-state index is 0.0350. The molecule has 0 aromatic heterocycles. The fraction of sp³-hybridized carbons (Fsp3) is 0.286. The molecule has 0 aliphatic heterocycles. The molecule has 7 nitrogen and oxygen atoms in total. The normalized spacial score (nSPS) is 11.6. The number of nitrogens with one attached hydrogen (secondary N) is 2. The molecule has 0 aliphatic carbocycles. The fourth-order valence-electron chi connectivity index (χ4n) is 2.87. The highest BCUT2D eigenvalue weighted by Crippen LogP contribution is 2.20. The van der Waals surface area contributed by atoms with Gasteiger partial charge in [-0.25, -0.2) is 0 Å². The van der Waals surface area contributed by atoms with Crippen LogP contribution in [0.2, 0.25) is 0 Å². The average molecular weight is 383 g/mol. The van der Waals surface area contributed by atoms with E-state index in [0.29, 0.717) is 24.0 Å². The smallest absolute Gasteiger partial charge is 0.305 e. The lowest BCUT2D eigenvalue weighted by atomic mass is 10.0. The van der Waals surface area contributed by atoms with Crippen LogP contribution in [-0.2, 0) is 16.0 Å². The van der Waals surface area contributed by atoms with Gasteiger partial charge in [0.2, 0.25) is 5.91 Å². The van der Waals surface area contributed by atoms with E-state index in [1.807, 2.05) is 12.1 Å². The number of unbranched alkanes of at least 4 members (excludes halogenated alkanes) is 1. The first-order chi connectivity index (χ1) is 13.3. The molecular formula is C21H25N3O4. The van der Waals surface area contributed by atoms with E-state index in [0.717, 1.165) is 18.4 Å². The molecule has 148 valence electrons. The first-order valence-corrected chi connectivity index (χ1v) is 9.08. The standard InChI is InChI=1S/C21H25N3O4/c22-21(23)16-7-5-14(6-8-16)3-1-2-4-19(26)24-18(13-20(27)28)15-9-11-17(25)12-10-15/h5-12,18,25H,1-4,13H2,(H3,22,23)(H,24,26)(H,27,28). The summed E-state index contributed by atoms with van der Waals surface area (Å²) >= 11 is 0. The summed E-state index contributed by atoms with van der Waals surface area (Å²) in [6.45, 7) is 0. The molecule has 0 fully saturated rings. The van der Waals surface area contributed by atoms with E-state index >= 15 is 0 Å². The number of carbonyl (C=O) groups excluding carboxylic acids is 1. The number of aromatic hydroxyl groups is 1. The maximum atomic E-state index is 12.2. The average Bonchev–Trinajstić information content (AvgIpc) is 2.65. The molecule has 1 unspecified atom stereocenters. The van der Waals surface area contributed by atoms with Gasteiger partial charge in [-0.2, -0.15) is 0 Å². The molecule has 7 heteroatoms. The SMILES string of the molecule is N=C(N)c1ccc(CCCCC(=O)NC(CC(=O)O)c2ccc(O)cc2)cc1. The van der Waals surface area contributed by atoms with E-state index in [9.17, 15) is 14.7 Å². The van der Waals surface area contributed by atoms with Crippen LogP contribution in [0.25, 0.3) is 0 Å². The van der Waals surface area contributed by atoms with Gasteiger partial charge in [-0.3, -0.25) is 15.0 Å². The minimum atomic E-state index is -1.01. The number of nitrogen functional groups attached to an aromatic ring is 1. The molecule has 6 N–H and O–H groups in total. The van der Waals surface area contributed by atoms with Crippen molar-refractivity contribution in [2.45, 2.75) is 38.1 Å². The number of aliphatic carboxylic acids is 1. The molecule has 0 bridgehead atoms. The molecule has 1 amide bonds. The van der Waals surface area contributed by atoms with Gasteiger partial charge in [0, 0.05) is 12.0 Å². The van der Waals surface area contributed by atoms with Crippen molar-refractivity contribution in [1.29, 1.82) is 5.41 Å². The van der Waals surface area contributed by atoms with Gasteiger partial charge in [0.1, 0.15) is 11.6 Å². The third kappa shape index (κ3) is 6.75. The first kappa shape index (κ1) is 21.0. The van der Waals surface area contributed by atoms with E-state index in [-0.39, 0.29) is 23.9 Å². The van der Waals surface area contributed by atoms with Crippen molar-refractivity contribution in [2.24, 2.45) is 5.73 Å². The molecule has 1 atom stereocenters. The highest BCUT2D eigenvalue weighted by atomic mass is 16.4. The number of hydrogen-bond donors (Lipinski definition) is 5. The lowest BCUT2D eigenvalue weighted by Crippen LogP contribution is -2.30. The third-order valence-corrected chi connectivity index (χ3v) is 4.39. The number of carboxylic acids is 1. The summed E-state index contributed by atoms with van der Waals surface area (Å²) in [6.07, 6.45) is 2.38. The van der Waals surface area contributed by atoms with Crippen LogP contribution in [0, 0.1) is 5.41 Å². The topological polar surface area (TPSA) is 136 Å². The van der Waals surface area contributed by atoms with E-state index < -0.39 is 12.0 Å². The van der Waals surface area contributed by atoms with E-state index in [4.69, 9.17) is 16.2 Å². The molecule has 2 aromatic carbocycles. The Hall–Kier alpha value is -3.35. The highest BCUT2D eigenvalue weighted by Gasteiger charge is 2.18. The third-order valence-electron chi connectivity index (χ3n) is 4.39. The van der Waals surface area contributed by atoms with Crippen molar-refractivity contribution < 1.29 is 19.8 Å². The van der Waals surface area contributed by atoms with E-state index in [1.54, 1.807) is 24.3 Å². The van der Waals surface area contributed by atoms with Crippen LogP contribution in [0.5, 0.6) is 5.75 Å². The second kappa shape index (κ2) is 10.1. The molecule has 0 spiro atoms. The number of hydrogen-bond acceptors (Lipinski definition) is 4. The molecule has 0 radical (unpaired) electrons. The molecule has 0 aliphatic rings. The zero-order valence-electron chi connectivity index (χ0n) is 15.5. The molecule has 0 saturated carbocycles. The Labute approximate surface area is 163 Å². The number of benzene rings is 2. The van der Waals surface area contributed by atoms with Gasteiger partial charge in [-0.05, 0) is 42.5 Å². The number of carboxylic acid groups (broad SMARTS) is 1. The molecule has 28 heavy (non-hydrogen) atoms. The maximum Gasteiger partial charge on any atom is 0.305 e. The fourth-order valence-corrected chi connectivity index (χ4v) is 2.87. The molecule has 2 aromatic rings. The van der Waals surface area contributed by atoms with Crippen molar-refractivity contribution >= 4 is 17.7 Å². The Morgan fingerprint density at radius 3 is 2.25 bits per heavy atom. The van der Waals surface area contributed by atoms with E-state index in [2.05, 4.69) is 5.32 Å². The summed E-state index contributed by atoms with van der Waals surface area (Å²) in [4.78, 5) is 23.3. The largest absolute Gasteiger partial charge is 0.508 e. The summed E-state index contributed by atoms with van der Waals surface area (Å²) < 4.78 is 0. The summed E-state index contributed by atoms with van der Waals surface area (Å²) in [5, 5.41) is 28.6. The second-order valence-electron chi connectivity index (χ2n) is 6.63. The second-order valence-corrected chi connectivity index (χ2v) is 6.63. The van der Waals surface area contributed by atoms with Gasteiger partial charge < -0.3 is 21.3 Å². The first-order valence-electron chi connectivity index (χ1n) is 9.08. The zero-order valence-corrected chi connectivity index (χ0v) is 15.5. The summed E-state index contributed by atoms with van der Waals surface area (Å²) in [6, 6.07) is 13.0. The maximum absolute atomic E-state index is 12.2. The summed E-state index contributed by atoms with van der Waals surface area (Å²) in [7, 11) is 0. The Morgan fingerprint density at radius 1 is 1.04 bits per heavy atom. The van der Waals surface area contributed by atoms with Gasteiger partial charge in [-0.1, -0.05) is 36.4 Å². The molecule has 0 heterocycles. The number of nitrogens with two attached hydrogens (primary N) is 1. The van der Waals surface area contributed by atoms with Crippen molar-refractivity contribution in [3.63, 3.8) is 0 Å². The Morgan fingerprint density at radius 2 is 1.68 bits per heavy atom. The summed E-state index contributed by atoms with van der Waals surface area (Å²) in [5.74, 6) is -1.09. The number of amides is 1. The van der Waals surface area contributed by atoms with Crippen LogP contribution in [0.15, 0.2) is 48.5 Å². The number of rotatable bonds is 10. The quantitative estimate of drug-likeness (QED) is 0.244. The number of phenols is 1. The molecule has 2 rings (SSSR count). The number of carbonyl (C=O) groups is 2. The Balaban J connectivity index is 1.81. The Bertz CT molecular complexity index is 817. The van der Waals surface area contributed by atoms with Gasteiger partial charge in [0.05, 0.1) is 12.5 Å². The van der Waals surface area contributed by atoms with Crippen LogP contribution in [0.1, 0.15) is 48.4 Å². The predicted molar refractivity (Wildman–Crippen MR) is 106 cm³/mol. The monoisotopic (exact) mass is 383 g/mol. The summed E-state index contributed by atoms with van der Waals surface area (Å²) in [5.41, 5.74) is 7.86. The van der Waals surface area contributed by atoms with Crippen molar-refractivity contribution in [3.05, 3.63) is 65.2 Å². The van der Waals surface area contributed by atoms with Crippen molar-refractivity contribution in [2.75, 3.05) is 0 Å². The van der Waals surface area contributed by atoms with Crippen LogP contribution >= 0.6 is 0 Å². The molecular weight excluding hydrogens is 358 g/mol. The van der Waals surface area contributed by atoms with Crippen molar-refractivity contribution in [3.8, 4) is 5.75 Å². The highest BCUT2D eigenvalue weighted by molar-refractivity contribution is 5.94. The van der Waals surface area contributed by atoms with Gasteiger partial charge >= 0.3 is 5.97 Å². The van der Waals surface area contributed by atoms with Crippen LogP contribution in [0.4, 0.5) is 0 Å². The lowest BCUT2D eigenvalue weighted by molar-refractivity contribution is -0.137. The lowest BCUT2D eigenvalue weighted by Gasteiger charge is -2.17. The van der Waals surface area contributed by atoms with Gasteiger partial charge in [0.15, 0.2) is 0 Å². The van der Waals surface area contributed by atoms with Crippen LogP contribution in [0.3, 0.4) is 0 Å². The van der Waals surface area contributed by atoms with Crippen molar-refractivity contribution in [1.82, 2.24) is 5.32 Å². The minimum Gasteiger partial charge on any atom is -0.508 e. The number of amidine groups is 1. The van der Waals surface area contributed by atoms with Gasteiger partial charge in [0.25, 0.3) is 0 Å². The Kier molecular flexibility index (Phi) is 7.56. The number of phenolic OH excluding ortho intramolecular Hbond substituents is 1. The van der Waals surface area contributed by atoms with E-state index in [1.165, 1.54) is 12.1 Å². The molecule has 0 saturated heterocycles. The van der Waals surface area contributed by atoms with Crippen LogP contribution in [-0.4, -0.2) is 27.9 Å². The predicted octanol–water partition coefficient (Wildman–Crippen LogP) is 2.72.